The molecule has 0 aliphatic rings. The van der Waals surface area contributed by atoms with Gasteiger partial charge in [-0.15, -0.1) is 0 Å². The molecule has 2 N–H and O–H groups in total. The minimum absolute atomic E-state index is 0.297. The van der Waals surface area contributed by atoms with Crippen LogP contribution in [0.3, 0.4) is 0 Å². The van der Waals surface area contributed by atoms with Gasteiger partial charge in [-0.05, 0) is 37.1 Å². The average molecular weight is 283 g/mol. The van der Waals surface area contributed by atoms with Crippen LogP contribution in [0.5, 0.6) is 0 Å². The van der Waals surface area contributed by atoms with Crippen molar-refractivity contribution in [1.82, 2.24) is 10.1 Å². The summed E-state index contributed by atoms with van der Waals surface area (Å²) >= 11 is 0. The van der Waals surface area contributed by atoms with Gasteiger partial charge in [0.1, 0.15) is 5.82 Å². The van der Waals surface area contributed by atoms with Gasteiger partial charge in [0.15, 0.2) is 0 Å². The van der Waals surface area contributed by atoms with Crippen molar-refractivity contribution in [2.24, 2.45) is 0 Å². The number of hydrogen-bond acceptors (Lipinski definition) is 4. The third kappa shape index (κ3) is 2.38. The summed E-state index contributed by atoms with van der Waals surface area (Å²) in [4.78, 5) is 4.32. The monoisotopic (exact) mass is 283 g/mol. The Morgan fingerprint density at radius 1 is 1.10 bits per heavy atom. The number of rotatable bonds is 2. The SMILES string of the molecule is Cc1ccc(-c2noc(-c3c(C)cccc3N)n2)cc1F. The molecule has 0 saturated heterocycles. The van der Waals surface area contributed by atoms with Gasteiger partial charge in [0.2, 0.25) is 5.82 Å². The van der Waals surface area contributed by atoms with Crippen LogP contribution >= 0.6 is 0 Å². The number of aryl methyl sites for hydroxylation is 2. The number of benzene rings is 2. The zero-order valence-electron chi connectivity index (χ0n) is 11.7. The van der Waals surface area contributed by atoms with Crippen molar-refractivity contribution in [3.63, 3.8) is 0 Å². The van der Waals surface area contributed by atoms with E-state index in [9.17, 15) is 4.39 Å². The summed E-state index contributed by atoms with van der Waals surface area (Å²) in [5.41, 5.74) is 9.33. The van der Waals surface area contributed by atoms with Crippen LogP contribution in [0.4, 0.5) is 10.1 Å². The maximum absolute atomic E-state index is 13.6. The highest BCUT2D eigenvalue weighted by molar-refractivity contribution is 5.74. The minimum atomic E-state index is -0.297. The van der Waals surface area contributed by atoms with E-state index >= 15 is 0 Å². The lowest BCUT2D eigenvalue weighted by Gasteiger charge is -2.03. The van der Waals surface area contributed by atoms with Crippen LogP contribution in [0.25, 0.3) is 22.8 Å². The van der Waals surface area contributed by atoms with E-state index in [0.29, 0.717) is 34.1 Å². The molecule has 106 valence electrons. The number of aromatic nitrogens is 2. The number of anilines is 1. The summed E-state index contributed by atoms with van der Waals surface area (Å²) in [5.74, 6) is 0.377. The molecule has 3 aromatic rings. The highest BCUT2D eigenvalue weighted by atomic mass is 19.1. The molecular weight excluding hydrogens is 269 g/mol. The van der Waals surface area contributed by atoms with Gasteiger partial charge >= 0.3 is 0 Å². The number of nitrogen functional groups attached to an aromatic ring is 1. The van der Waals surface area contributed by atoms with Crippen molar-refractivity contribution < 1.29 is 8.91 Å². The third-order valence-electron chi connectivity index (χ3n) is 3.37. The molecular formula is C16H14FN3O. The number of halogens is 1. The van der Waals surface area contributed by atoms with Gasteiger partial charge in [-0.25, -0.2) is 4.39 Å². The Morgan fingerprint density at radius 3 is 2.62 bits per heavy atom. The first-order valence-corrected chi connectivity index (χ1v) is 6.52. The lowest BCUT2D eigenvalue weighted by Crippen LogP contribution is -1.93. The molecule has 0 spiro atoms. The second-order valence-corrected chi connectivity index (χ2v) is 4.93. The Balaban J connectivity index is 2.06. The standard InChI is InChI=1S/C16H14FN3O/c1-9-6-7-11(8-12(9)17)15-19-16(21-20-15)14-10(2)4-3-5-13(14)18/h3-8H,18H2,1-2H3. The predicted octanol–water partition coefficient (Wildman–Crippen LogP) is 3.74. The second-order valence-electron chi connectivity index (χ2n) is 4.93. The molecule has 0 bridgehead atoms. The normalized spacial score (nSPS) is 10.8. The van der Waals surface area contributed by atoms with Gasteiger partial charge in [0.25, 0.3) is 5.89 Å². The molecule has 2 aromatic carbocycles. The van der Waals surface area contributed by atoms with E-state index in [0.717, 1.165) is 5.56 Å². The topological polar surface area (TPSA) is 64.9 Å². The van der Waals surface area contributed by atoms with Gasteiger partial charge in [0, 0.05) is 11.3 Å². The van der Waals surface area contributed by atoms with Crippen LogP contribution in [0.2, 0.25) is 0 Å². The van der Waals surface area contributed by atoms with E-state index in [1.807, 2.05) is 19.1 Å². The number of hydrogen-bond donors (Lipinski definition) is 1. The molecule has 3 rings (SSSR count). The summed E-state index contributed by atoms with van der Waals surface area (Å²) in [5, 5.41) is 3.91. The van der Waals surface area contributed by atoms with Gasteiger partial charge < -0.3 is 10.3 Å². The summed E-state index contributed by atoms with van der Waals surface area (Å²) in [6, 6.07) is 10.4. The summed E-state index contributed by atoms with van der Waals surface area (Å²) < 4.78 is 18.9. The zero-order valence-corrected chi connectivity index (χ0v) is 11.7. The molecule has 21 heavy (non-hydrogen) atoms. The molecule has 0 aliphatic heterocycles. The van der Waals surface area contributed by atoms with E-state index < -0.39 is 0 Å². The lowest BCUT2D eigenvalue weighted by molar-refractivity contribution is 0.432. The molecule has 1 heterocycles. The van der Waals surface area contributed by atoms with Gasteiger partial charge in [-0.1, -0.05) is 29.4 Å². The second kappa shape index (κ2) is 5.01. The summed E-state index contributed by atoms with van der Waals surface area (Å²) in [6.45, 7) is 3.62. The molecule has 0 saturated carbocycles. The maximum Gasteiger partial charge on any atom is 0.260 e. The van der Waals surface area contributed by atoms with Crippen LogP contribution in [0, 0.1) is 19.7 Å². The first-order chi connectivity index (χ1) is 10.1. The van der Waals surface area contributed by atoms with Crippen molar-refractivity contribution in [3.05, 3.63) is 53.3 Å². The number of nitrogens with zero attached hydrogens (tertiary/aromatic N) is 2. The fourth-order valence-corrected chi connectivity index (χ4v) is 2.16. The fourth-order valence-electron chi connectivity index (χ4n) is 2.16. The fraction of sp³-hybridized carbons (Fsp3) is 0.125. The third-order valence-corrected chi connectivity index (χ3v) is 3.37. The quantitative estimate of drug-likeness (QED) is 0.727. The Kier molecular flexibility index (Phi) is 3.17. The first-order valence-electron chi connectivity index (χ1n) is 6.52. The maximum atomic E-state index is 13.6. The molecule has 5 heteroatoms. The van der Waals surface area contributed by atoms with Crippen molar-refractivity contribution in [1.29, 1.82) is 0 Å². The van der Waals surface area contributed by atoms with Gasteiger partial charge in [0.05, 0.1) is 5.56 Å². The lowest BCUT2D eigenvalue weighted by atomic mass is 10.1. The van der Waals surface area contributed by atoms with Crippen LogP contribution in [-0.4, -0.2) is 10.1 Å². The molecule has 0 amide bonds. The smallest absolute Gasteiger partial charge is 0.260 e. The predicted molar refractivity (Wildman–Crippen MR) is 79.0 cm³/mol. The molecule has 4 nitrogen and oxygen atoms in total. The Bertz CT molecular complexity index is 791. The van der Waals surface area contributed by atoms with Crippen molar-refractivity contribution >= 4 is 5.69 Å². The van der Waals surface area contributed by atoms with Crippen LogP contribution < -0.4 is 5.73 Å². The summed E-state index contributed by atoms with van der Waals surface area (Å²) in [7, 11) is 0. The van der Waals surface area contributed by atoms with Crippen molar-refractivity contribution in [2.45, 2.75) is 13.8 Å². The van der Waals surface area contributed by atoms with E-state index in [4.69, 9.17) is 10.3 Å². The molecule has 0 aliphatic carbocycles. The zero-order chi connectivity index (χ0) is 15.0. The van der Waals surface area contributed by atoms with Gasteiger partial charge in [-0.2, -0.15) is 4.98 Å². The van der Waals surface area contributed by atoms with Crippen LogP contribution in [-0.2, 0) is 0 Å². The van der Waals surface area contributed by atoms with Crippen LogP contribution in [0.1, 0.15) is 11.1 Å². The molecule has 0 unspecified atom stereocenters. The Morgan fingerprint density at radius 2 is 1.90 bits per heavy atom. The first kappa shape index (κ1) is 13.3. The molecule has 0 fully saturated rings. The summed E-state index contributed by atoms with van der Waals surface area (Å²) in [6.07, 6.45) is 0. The highest BCUT2D eigenvalue weighted by Gasteiger charge is 2.15. The molecule has 1 aromatic heterocycles. The van der Waals surface area contributed by atoms with E-state index in [1.165, 1.54) is 6.07 Å². The van der Waals surface area contributed by atoms with E-state index in [-0.39, 0.29) is 5.82 Å². The minimum Gasteiger partial charge on any atom is -0.398 e. The molecule has 0 atom stereocenters. The van der Waals surface area contributed by atoms with Gasteiger partial charge in [-0.3, -0.25) is 0 Å². The van der Waals surface area contributed by atoms with E-state index in [2.05, 4.69) is 10.1 Å². The highest BCUT2D eigenvalue weighted by Crippen LogP contribution is 2.29. The number of nitrogens with two attached hydrogens (primary N) is 1. The van der Waals surface area contributed by atoms with Crippen molar-refractivity contribution in [2.75, 3.05) is 5.73 Å². The average Bonchev–Trinajstić information content (AvgIpc) is 2.91. The van der Waals surface area contributed by atoms with Crippen LogP contribution in [0.15, 0.2) is 40.9 Å². The Labute approximate surface area is 121 Å². The van der Waals surface area contributed by atoms with Crippen molar-refractivity contribution in [3.8, 4) is 22.8 Å². The van der Waals surface area contributed by atoms with E-state index in [1.54, 1.807) is 25.1 Å². The largest absolute Gasteiger partial charge is 0.398 e. The molecule has 0 radical (unpaired) electrons. The Hall–Kier alpha value is -2.69.